The van der Waals surface area contributed by atoms with Crippen LogP contribution in [-0.2, 0) is 11.2 Å². The maximum absolute atomic E-state index is 12.3. The molecule has 4 heteroatoms. The monoisotopic (exact) mass is 295 g/mol. The lowest BCUT2D eigenvalue weighted by molar-refractivity contribution is -0.127. The zero-order valence-corrected chi connectivity index (χ0v) is 12.8. The van der Waals surface area contributed by atoms with Gasteiger partial charge in [-0.3, -0.25) is 9.78 Å². The van der Waals surface area contributed by atoms with Crippen LogP contribution in [0.25, 0.3) is 0 Å². The van der Waals surface area contributed by atoms with E-state index >= 15 is 0 Å². The van der Waals surface area contributed by atoms with Crippen LogP contribution in [0.15, 0.2) is 48.7 Å². The number of aryl methyl sites for hydroxylation is 1. The molecule has 1 aromatic carbocycles. The van der Waals surface area contributed by atoms with E-state index < -0.39 is 0 Å². The van der Waals surface area contributed by atoms with E-state index in [0.29, 0.717) is 0 Å². The number of pyridine rings is 1. The van der Waals surface area contributed by atoms with Crippen LogP contribution in [0.5, 0.6) is 0 Å². The van der Waals surface area contributed by atoms with Crippen molar-refractivity contribution in [3.63, 3.8) is 0 Å². The highest BCUT2D eigenvalue weighted by Crippen LogP contribution is 2.18. The van der Waals surface area contributed by atoms with Gasteiger partial charge >= 0.3 is 0 Å². The average molecular weight is 295 g/mol. The quantitative estimate of drug-likeness (QED) is 0.887. The standard InChI is InChI=1S/C18H21N3O/c1-13-5-7-14(8-6-13)10-17(16-4-2-3-9-20-16)21-18(22)15-11-19-12-15/h2-9,15,17,19H,10-12H2,1H3,(H,21,22). The van der Waals surface area contributed by atoms with E-state index in [-0.39, 0.29) is 17.9 Å². The summed E-state index contributed by atoms with van der Waals surface area (Å²) in [4.78, 5) is 16.7. The van der Waals surface area contributed by atoms with Crippen LogP contribution >= 0.6 is 0 Å². The summed E-state index contributed by atoms with van der Waals surface area (Å²) in [6, 6.07) is 14.2. The minimum Gasteiger partial charge on any atom is -0.347 e. The number of rotatable bonds is 5. The third-order valence-electron chi connectivity index (χ3n) is 4.07. The highest BCUT2D eigenvalue weighted by molar-refractivity contribution is 5.80. The van der Waals surface area contributed by atoms with E-state index in [1.807, 2.05) is 18.2 Å². The summed E-state index contributed by atoms with van der Waals surface area (Å²) in [5.74, 6) is 0.200. The zero-order valence-electron chi connectivity index (χ0n) is 12.8. The summed E-state index contributed by atoms with van der Waals surface area (Å²) in [6.45, 7) is 3.61. The Bertz CT molecular complexity index is 621. The van der Waals surface area contributed by atoms with Crippen LogP contribution in [0.2, 0.25) is 0 Å². The topological polar surface area (TPSA) is 54.0 Å². The summed E-state index contributed by atoms with van der Waals surface area (Å²) in [7, 11) is 0. The first-order valence-corrected chi connectivity index (χ1v) is 7.70. The molecule has 2 aromatic rings. The normalized spacial score (nSPS) is 15.9. The van der Waals surface area contributed by atoms with Crippen LogP contribution in [0.1, 0.15) is 22.9 Å². The zero-order chi connectivity index (χ0) is 15.4. The fourth-order valence-electron chi connectivity index (χ4n) is 2.54. The Labute approximate surface area is 131 Å². The van der Waals surface area contributed by atoms with Crippen molar-refractivity contribution in [2.75, 3.05) is 13.1 Å². The van der Waals surface area contributed by atoms with Gasteiger partial charge in [0.1, 0.15) is 0 Å². The lowest BCUT2D eigenvalue weighted by Gasteiger charge is -2.28. The number of carbonyl (C=O) groups excluding carboxylic acids is 1. The Hall–Kier alpha value is -2.20. The molecule has 3 rings (SSSR count). The van der Waals surface area contributed by atoms with Crippen molar-refractivity contribution in [2.24, 2.45) is 5.92 Å². The van der Waals surface area contributed by atoms with Gasteiger partial charge in [0.15, 0.2) is 0 Å². The molecule has 1 aromatic heterocycles. The number of hydrogen-bond acceptors (Lipinski definition) is 3. The smallest absolute Gasteiger partial charge is 0.226 e. The molecule has 1 unspecified atom stereocenters. The van der Waals surface area contributed by atoms with Crippen LogP contribution in [0.4, 0.5) is 0 Å². The van der Waals surface area contributed by atoms with Gasteiger partial charge in [0.05, 0.1) is 17.7 Å². The number of hydrogen-bond donors (Lipinski definition) is 2. The van der Waals surface area contributed by atoms with Crippen molar-refractivity contribution in [2.45, 2.75) is 19.4 Å². The molecule has 0 spiro atoms. The van der Waals surface area contributed by atoms with E-state index in [4.69, 9.17) is 0 Å². The molecule has 1 atom stereocenters. The molecule has 1 amide bonds. The van der Waals surface area contributed by atoms with Gasteiger partial charge in [-0.05, 0) is 31.0 Å². The SMILES string of the molecule is Cc1ccc(CC(NC(=O)C2CNC2)c2ccccn2)cc1. The van der Waals surface area contributed by atoms with Gasteiger partial charge in [0, 0.05) is 19.3 Å². The minimum absolute atomic E-state index is 0.0861. The first-order chi connectivity index (χ1) is 10.7. The second-order valence-corrected chi connectivity index (χ2v) is 5.86. The summed E-state index contributed by atoms with van der Waals surface area (Å²) in [5, 5.41) is 6.29. The van der Waals surface area contributed by atoms with E-state index in [0.717, 1.165) is 25.2 Å². The Morgan fingerprint density at radius 1 is 1.27 bits per heavy atom. The summed E-state index contributed by atoms with van der Waals surface area (Å²) in [5.41, 5.74) is 3.35. The molecule has 0 bridgehead atoms. The highest BCUT2D eigenvalue weighted by atomic mass is 16.2. The third kappa shape index (κ3) is 3.52. The molecule has 4 nitrogen and oxygen atoms in total. The average Bonchev–Trinajstić information content (AvgIpc) is 2.48. The number of nitrogens with zero attached hydrogens (tertiary/aromatic N) is 1. The summed E-state index contributed by atoms with van der Waals surface area (Å²) >= 11 is 0. The Morgan fingerprint density at radius 2 is 2.05 bits per heavy atom. The Morgan fingerprint density at radius 3 is 2.64 bits per heavy atom. The van der Waals surface area contributed by atoms with Crippen molar-refractivity contribution in [3.05, 3.63) is 65.5 Å². The van der Waals surface area contributed by atoms with Gasteiger partial charge < -0.3 is 10.6 Å². The summed E-state index contributed by atoms with van der Waals surface area (Å²) in [6.07, 6.45) is 2.53. The molecule has 0 radical (unpaired) electrons. The third-order valence-corrected chi connectivity index (χ3v) is 4.07. The molecular weight excluding hydrogens is 274 g/mol. The van der Waals surface area contributed by atoms with Gasteiger partial charge in [-0.25, -0.2) is 0 Å². The van der Waals surface area contributed by atoms with Crippen LogP contribution < -0.4 is 10.6 Å². The highest BCUT2D eigenvalue weighted by Gasteiger charge is 2.27. The molecule has 2 heterocycles. The van der Waals surface area contributed by atoms with Gasteiger partial charge in [0.2, 0.25) is 5.91 Å². The van der Waals surface area contributed by atoms with Gasteiger partial charge in [-0.1, -0.05) is 35.9 Å². The lowest BCUT2D eigenvalue weighted by Crippen LogP contribution is -2.51. The summed E-state index contributed by atoms with van der Waals surface area (Å²) < 4.78 is 0. The molecule has 1 aliphatic rings. The van der Waals surface area contributed by atoms with Gasteiger partial charge in [0.25, 0.3) is 0 Å². The van der Waals surface area contributed by atoms with Crippen molar-refractivity contribution < 1.29 is 4.79 Å². The lowest BCUT2D eigenvalue weighted by atomic mass is 9.98. The van der Waals surface area contributed by atoms with Crippen LogP contribution in [0.3, 0.4) is 0 Å². The fourth-order valence-corrected chi connectivity index (χ4v) is 2.54. The molecule has 1 saturated heterocycles. The van der Waals surface area contributed by atoms with Gasteiger partial charge in [-0.2, -0.15) is 0 Å². The van der Waals surface area contributed by atoms with Crippen molar-refractivity contribution >= 4 is 5.91 Å². The molecular formula is C18H21N3O. The van der Waals surface area contributed by atoms with Crippen LogP contribution in [0, 0.1) is 12.8 Å². The van der Waals surface area contributed by atoms with Crippen molar-refractivity contribution in [1.82, 2.24) is 15.6 Å². The molecule has 114 valence electrons. The molecule has 0 aliphatic carbocycles. The second kappa shape index (κ2) is 6.71. The van der Waals surface area contributed by atoms with Crippen molar-refractivity contribution in [1.29, 1.82) is 0 Å². The number of benzene rings is 1. The van der Waals surface area contributed by atoms with Gasteiger partial charge in [-0.15, -0.1) is 0 Å². The molecule has 22 heavy (non-hydrogen) atoms. The number of carbonyl (C=O) groups is 1. The Kier molecular flexibility index (Phi) is 4.49. The van der Waals surface area contributed by atoms with E-state index in [2.05, 4.69) is 46.8 Å². The first-order valence-electron chi connectivity index (χ1n) is 7.70. The molecule has 1 aliphatic heterocycles. The number of amides is 1. The van der Waals surface area contributed by atoms with E-state index in [1.54, 1.807) is 6.20 Å². The fraction of sp³-hybridized carbons (Fsp3) is 0.333. The van der Waals surface area contributed by atoms with Crippen LogP contribution in [-0.4, -0.2) is 24.0 Å². The predicted octanol–water partition coefficient (Wildman–Crippen LogP) is 2.01. The van der Waals surface area contributed by atoms with Crippen molar-refractivity contribution in [3.8, 4) is 0 Å². The molecule has 0 saturated carbocycles. The van der Waals surface area contributed by atoms with E-state index in [1.165, 1.54) is 11.1 Å². The largest absolute Gasteiger partial charge is 0.347 e. The van der Waals surface area contributed by atoms with E-state index in [9.17, 15) is 4.79 Å². The minimum atomic E-state index is -0.0861. The number of nitrogens with one attached hydrogen (secondary N) is 2. The molecule has 1 fully saturated rings. The first kappa shape index (κ1) is 14.7. The second-order valence-electron chi connectivity index (χ2n) is 5.86. The maximum atomic E-state index is 12.3. The molecule has 2 N–H and O–H groups in total. The predicted molar refractivity (Wildman–Crippen MR) is 86.4 cm³/mol. The number of aromatic nitrogens is 1. The maximum Gasteiger partial charge on any atom is 0.226 e. The Balaban J connectivity index is 1.76.